The minimum atomic E-state index is 0.208. The molecule has 4 nitrogen and oxygen atoms in total. The third kappa shape index (κ3) is 2.51. The van der Waals surface area contributed by atoms with Crippen LogP contribution in [0.5, 0.6) is 0 Å². The molecule has 0 radical (unpaired) electrons. The molecule has 2 aliphatic rings. The monoisotopic (exact) mass is 260 g/mol. The highest BCUT2D eigenvalue weighted by Gasteiger charge is 2.31. The third-order valence-corrected chi connectivity index (χ3v) is 3.94. The first-order chi connectivity index (χ1) is 9.25. The fourth-order valence-electron chi connectivity index (χ4n) is 2.97. The number of anilines is 1. The number of fused-ring (bicyclic) bond motifs is 1. The second kappa shape index (κ2) is 5.31. The Morgan fingerprint density at radius 1 is 1.32 bits per heavy atom. The van der Waals surface area contributed by atoms with Crippen LogP contribution in [0.1, 0.15) is 12.5 Å². The van der Waals surface area contributed by atoms with Crippen molar-refractivity contribution < 1.29 is 9.53 Å². The molecule has 2 aliphatic heterocycles. The summed E-state index contributed by atoms with van der Waals surface area (Å²) in [5, 5.41) is 0. The molecule has 0 saturated carbocycles. The number of carbonyl (C=O) groups excluding carboxylic acids is 1. The van der Waals surface area contributed by atoms with Crippen LogP contribution in [0, 0.1) is 0 Å². The number of rotatable bonds is 2. The second-order valence-corrected chi connectivity index (χ2v) is 5.33. The molecule has 1 aromatic carbocycles. The van der Waals surface area contributed by atoms with E-state index in [4.69, 9.17) is 4.74 Å². The summed E-state index contributed by atoms with van der Waals surface area (Å²) in [5.74, 6) is 0.208. The van der Waals surface area contributed by atoms with Crippen molar-refractivity contribution in [1.29, 1.82) is 0 Å². The minimum Gasteiger partial charge on any atom is -0.379 e. The number of ether oxygens (including phenoxy) is 1. The Labute approximate surface area is 113 Å². The summed E-state index contributed by atoms with van der Waals surface area (Å²) in [4.78, 5) is 16.7. The lowest BCUT2D eigenvalue weighted by Crippen LogP contribution is -2.46. The predicted molar refractivity (Wildman–Crippen MR) is 74.4 cm³/mol. The lowest BCUT2D eigenvalue weighted by molar-refractivity contribution is -0.121. The van der Waals surface area contributed by atoms with Crippen LogP contribution in [-0.4, -0.2) is 49.7 Å². The molecule has 2 heterocycles. The summed E-state index contributed by atoms with van der Waals surface area (Å²) in [6.07, 6.45) is 0.963. The normalized spacial score (nSPS) is 23.4. The highest BCUT2D eigenvalue weighted by molar-refractivity contribution is 5.97. The number of morpholine rings is 1. The summed E-state index contributed by atoms with van der Waals surface area (Å²) in [6.45, 7) is 5.81. The molecule has 4 heteroatoms. The molecule has 19 heavy (non-hydrogen) atoms. The van der Waals surface area contributed by atoms with E-state index in [-0.39, 0.29) is 11.9 Å². The molecule has 1 atom stereocenters. The fraction of sp³-hybridized carbons (Fsp3) is 0.533. The zero-order valence-electron chi connectivity index (χ0n) is 11.3. The van der Waals surface area contributed by atoms with Crippen LogP contribution in [0.4, 0.5) is 5.69 Å². The first kappa shape index (κ1) is 12.6. The molecule has 102 valence electrons. The molecule has 0 bridgehead atoms. The highest BCUT2D eigenvalue weighted by atomic mass is 16.5. The fourth-order valence-corrected chi connectivity index (χ4v) is 2.97. The van der Waals surface area contributed by atoms with Crippen LogP contribution in [0.2, 0.25) is 0 Å². The van der Waals surface area contributed by atoms with Crippen molar-refractivity contribution in [1.82, 2.24) is 4.90 Å². The van der Waals surface area contributed by atoms with Gasteiger partial charge >= 0.3 is 0 Å². The maximum absolute atomic E-state index is 12.5. The van der Waals surface area contributed by atoms with E-state index in [1.165, 1.54) is 5.56 Å². The van der Waals surface area contributed by atoms with Gasteiger partial charge in [0.1, 0.15) is 0 Å². The van der Waals surface area contributed by atoms with E-state index in [1.807, 2.05) is 17.0 Å². The largest absolute Gasteiger partial charge is 0.379 e. The van der Waals surface area contributed by atoms with E-state index in [0.29, 0.717) is 6.54 Å². The number of amides is 1. The Kier molecular flexibility index (Phi) is 3.53. The van der Waals surface area contributed by atoms with Crippen LogP contribution in [0.3, 0.4) is 0 Å². The summed E-state index contributed by atoms with van der Waals surface area (Å²) in [5.41, 5.74) is 2.37. The number of nitrogens with zero attached hydrogens (tertiary/aromatic N) is 2. The zero-order chi connectivity index (χ0) is 13.2. The molecule has 3 rings (SSSR count). The summed E-state index contributed by atoms with van der Waals surface area (Å²) >= 11 is 0. The van der Waals surface area contributed by atoms with Crippen LogP contribution in [0.25, 0.3) is 0 Å². The van der Waals surface area contributed by atoms with E-state index in [2.05, 4.69) is 24.0 Å². The van der Waals surface area contributed by atoms with Gasteiger partial charge in [-0.2, -0.15) is 0 Å². The summed E-state index contributed by atoms with van der Waals surface area (Å²) in [7, 11) is 0. The number of carbonyl (C=O) groups is 1. The lowest BCUT2D eigenvalue weighted by Gasteiger charge is -2.29. The predicted octanol–water partition coefficient (Wildman–Crippen LogP) is 1.30. The van der Waals surface area contributed by atoms with Crippen molar-refractivity contribution in [2.45, 2.75) is 19.4 Å². The zero-order valence-corrected chi connectivity index (χ0v) is 11.3. The van der Waals surface area contributed by atoms with E-state index in [1.54, 1.807) is 0 Å². The molecule has 0 N–H and O–H groups in total. The van der Waals surface area contributed by atoms with Gasteiger partial charge in [-0.15, -0.1) is 0 Å². The summed E-state index contributed by atoms with van der Waals surface area (Å²) < 4.78 is 5.32. The first-order valence-corrected chi connectivity index (χ1v) is 6.96. The van der Waals surface area contributed by atoms with Crippen molar-refractivity contribution in [2.75, 3.05) is 37.7 Å². The molecular formula is C15H20N2O2. The lowest BCUT2D eigenvalue weighted by atomic mass is 10.1. The minimum absolute atomic E-state index is 0.208. The average Bonchev–Trinajstić information content (AvgIpc) is 2.75. The Hall–Kier alpha value is -1.39. The number of hydrogen-bond donors (Lipinski definition) is 0. The van der Waals surface area contributed by atoms with Gasteiger partial charge in [-0.05, 0) is 25.0 Å². The molecule has 1 fully saturated rings. The molecule has 0 unspecified atom stereocenters. The van der Waals surface area contributed by atoms with Crippen LogP contribution in [-0.2, 0) is 16.0 Å². The van der Waals surface area contributed by atoms with Gasteiger partial charge in [-0.25, -0.2) is 0 Å². The standard InChI is InChI=1S/C15H20N2O2/c1-12-10-13-4-2-3-5-14(13)17(12)15(18)11-16-6-8-19-9-7-16/h2-5,12H,6-11H2,1H3/t12-/m1/s1. The maximum Gasteiger partial charge on any atom is 0.241 e. The molecular weight excluding hydrogens is 240 g/mol. The maximum atomic E-state index is 12.5. The molecule has 1 amide bonds. The smallest absolute Gasteiger partial charge is 0.241 e. The van der Waals surface area contributed by atoms with Crippen LogP contribution < -0.4 is 4.90 Å². The van der Waals surface area contributed by atoms with Crippen molar-refractivity contribution in [3.8, 4) is 0 Å². The first-order valence-electron chi connectivity index (χ1n) is 6.96. The average molecular weight is 260 g/mol. The van der Waals surface area contributed by atoms with Gasteiger partial charge in [-0.3, -0.25) is 9.69 Å². The van der Waals surface area contributed by atoms with Gasteiger partial charge in [0.2, 0.25) is 5.91 Å². The quantitative estimate of drug-likeness (QED) is 0.803. The molecule has 0 aliphatic carbocycles. The van der Waals surface area contributed by atoms with Crippen LogP contribution in [0.15, 0.2) is 24.3 Å². The number of hydrogen-bond acceptors (Lipinski definition) is 3. The van der Waals surface area contributed by atoms with E-state index < -0.39 is 0 Å². The number of para-hydroxylation sites is 1. The van der Waals surface area contributed by atoms with Crippen molar-refractivity contribution in [3.05, 3.63) is 29.8 Å². The Bertz CT molecular complexity index is 469. The van der Waals surface area contributed by atoms with Crippen molar-refractivity contribution >= 4 is 11.6 Å². The van der Waals surface area contributed by atoms with Crippen LogP contribution >= 0.6 is 0 Å². The van der Waals surface area contributed by atoms with Gasteiger partial charge in [0, 0.05) is 24.8 Å². The molecule has 1 aromatic rings. The van der Waals surface area contributed by atoms with E-state index >= 15 is 0 Å². The Balaban J connectivity index is 1.72. The molecule has 1 saturated heterocycles. The van der Waals surface area contributed by atoms with Crippen molar-refractivity contribution in [2.24, 2.45) is 0 Å². The number of benzene rings is 1. The SMILES string of the molecule is C[C@@H]1Cc2ccccc2N1C(=O)CN1CCOCC1. The Morgan fingerprint density at radius 3 is 2.84 bits per heavy atom. The van der Waals surface area contributed by atoms with E-state index in [9.17, 15) is 4.79 Å². The molecule has 0 aromatic heterocycles. The topological polar surface area (TPSA) is 32.8 Å². The van der Waals surface area contributed by atoms with Gasteiger partial charge in [0.25, 0.3) is 0 Å². The molecule has 0 spiro atoms. The van der Waals surface area contributed by atoms with Crippen molar-refractivity contribution in [3.63, 3.8) is 0 Å². The van der Waals surface area contributed by atoms with Gasteiger partial charge in [-0.1, -0.05) is 18.2 Å². The second-order valence-electron chi connectivity index (χ2n) is 5.33. The van der Waals surface area contributed by atoms with E-state index in [0.717, 1.165) is 38.4 Å². The van der Waals surface area contributed by atoms with Gasteiger partial charge in [0.15, 0.2) is 0 Å². The third-order valence-electron chi connectivity index (χ3n) is 3.94. The van der Waals surface area contributed by atoms with Gasteiger partial charge < -0.3 is 9.64 Å². The summed E-state index contributed by atoms with van der Waals surface area (Å²) in [6, 6.07) is 8.49. The Morgan fingerprint density at radius 2 is 2.05 bits per heavy atom. The highest BCUT2D eigenvalue weighted by Crippen LogP contribution is 2.31. The van der Waals surface area contributed by atoms with Gasteiger partial charge in [0.05, 0.1) is 19.8 Å².